The van der Waals surface area contributed by atoms with Gasteiger partial charge in [0.05, 0.1) is 4.88 Å². The van der Waals surface area contributed by atoms with Crippen LogP contribution in [-0.4, -0.2) is 60.5 Å². The highest BCUT2D eigenvalue weighted by Crippen LogP contribution is 2.44. The molecule has 1 saturated heterocycles. The minimum Gasteiger partial charge on any atom is -0.306 e. The predicted molar refractivity (Wildman–Crippen MR) is 129 cm³/mol. The minimum atomic E-state index is 0.127. The SMILES string of the molecule is O=C(c1cccs1)N(CC1(N2CCN(CC3=CCCC=C3)CC2)CC1)c1ccccc1. The lowest BCUT2D eigenvalue weighted by Gasteiger charge is -2.41. The lowest BCUT2D eigenvalue weighted by Crippen LogP contribution is -2.55. The van der Waals surface area contributed by atoms with Crippen LogP contribution in [0.4, 0.5) is 5.69 Å². The Morgan fingerprint density at radius 1 is 1.00 bits per heavy atom. The zero-order valence-electron chi connectivity index (χ0n) is 18.1. The highest BCUT2D eigenvalue weighted by atomic mass is 32.1. The van der Waals surface area contributed by atoms with Crippen LogP contribution in [0.25, 0.3) is 0 Å². The number of benzene rings is 1. The van der Waals surface area contributed by atoms with Gasteiger partial charge < -0.3 is 4.90 Å². The van der Waals surface area contributed by atoms with E-state index in [0.29, 0.717) is 0 Å². The van der Waals surface area contributed by atoms with Crippen molar-refractivity contribution in [3.8, 4) is 0 Å². The topological polar surface area (TPSA) is 26.8 Å². The van der Waals surface area contributed by atoms with Gasteiger partial charge in [-0.05, 0) is 54.8 Å². The number of nitrogens with zero attached hydrogens (tertiary/aromatic N) is 3. The van der Waals surface area contributed by atoms with Crippen LogP contribution in [-0.2, 0) is 0 Å². The summed E-state index contributed by atoms with van der Waals surface area (Å²) >= 11 is 1.53. The Balaban J connectivity index is 1.26. The van der Waals surface area contributed by atoms with Gasteiger partial charge >= 0.3 is 0 Å². The monoisotopic (exact) mass is 433 g/mol. The van der Waals surface area contributed by atoms with Crippen molar-refractivity contribution < 1.29 is 4.79 Å². The molecule has 5 rings (SSSR count). The molecule has 4 nitrogen and oxygen atoms in total. The maximum absolute atomic E-state index is 13.4. The average Bonchev–Trinajstić information content (AvgIpc) is 3.40. The third-order valence-electron chi connectivity index (χ3n) is 6.85. The van der Waals surface area contributed by atoms with Gasteiger partial charge in [-0.25, -0.2) is 0 Å². The van der Waals surface area contributed by atoms with Crippen LogP contribution in [0, 0.1) is 0 Å². The van der Waals surface area contributed by atoms with Gasteiger partial charge in [0.25, 0.3) is 5.91 Å². The number of carbonyl (C=O) groups excluding carboxylic acids is 1. The van der Waals surface area contributed by atoms with E-state index in [1.165, 1.54) is 42.6 Å². The summed E-state index contributed by atoms with van der Waals surface area (Å²) in [7, 11) is 0. The molecule has 0 radical (unpaired) electrons. The maximum Gasteiger partial charge on any atom is 0.268 e. The van der Waals surface area contributed by atoms with Crippen LogP contribution in [0.3, 0.4) is 0 Å². The van der Waals surface area contributed by atoms with Gasteiger partial charge in [-0.1, -0.05) is 42.5 Å². The quantitative estimate of drug-likeness (QED) is 0.626. The Morgan fingerprint density at radius 2 is 1.81 bits per heavy atom. The highest BCUT2D eigenvalue weighted by Gasteiger charge is 2.50. The van der Waals surface area contributed by atoms with Crippen molar-refractivity contribution in [2.45, 2.75) is 31.2 Å². The van der Waals surface area contributed by atoms with Crippen molar-refractivity contribution in [1.82, 2.24) is 9.80 Å². The normalized spacial score (nSPS) is 21.0. The summed E-state index contributed by atoms with van der Waals surface area (Å²) in [5.74, 6) is 0.127. The summed E-state index contributed by atoms with van der Waals surface area (Å²) < 4.78 is 0. The second-order valence-electron chi connectivity index (χ2n) is 8.95. The van der Waals surface area contributed by atoms with Crippen LogP contribution >= 0.6 is 11.3 Å². The summed E-state index contributed by atoms with van der Waals surface area (Å²) in [5.41, 5.74) is 2.61. The maximum atomic E-state index is 13.4. The molecule has 1 saturated carbocycles. The molecule has 0 N–H and O–H groups in total. The molecule has 1 aromatic heterocycles. The van der Waals surface area contributed by atoms with Crippen molar-refractivity contribution in [3.05, 3.63) is 76.5 Å². The largest absolute Gasteiger partial charge is 0.306 e. The predicted octanol–water partition coefficient (Wildman–Crippen LogP) is 4.82. The van der Waals surface area contributed by atoms with Gasteiger partial charge in [-0.3, -0.25) is 14.6 Å². The first-order valence-corrected chi connectivity index (χ1v) is 12.3. The lowest BCUT2D eigenvalue weighted by molar-refractivity contribution is 0.0856. The van der Waals surface area contributed by atoms with Crippen molar-refractivity contribution in [1.29, 1.82) is 0 Å². The van der Waals surface area contributed by atoms with Gasteiger partial charge in [-0.2, -0.15) is 0 Å². The van der Waals surface area contributed by atoms with E-state index in [-0.39, 0.29) is 11.4 Å². The molecule has 1 aliphatic heterocycles. The molecule has 0 bridgehead atoms. The fourth-order valence-corrected chi connectivity index (χ4v) is 5.53. The molecule has 162 valence electrons. The first-order chi connectivity index (χ1) is 15.2. The molecule has 0 spiro atoms. The molecule has 2 aromatic rings. The van der Waals surface area contributed by atoms with E-state index in [1.54, 1.807) is 0 Å². The number of hydrogen-bond donors (Lipinski definition) is 0. The molecule has 3 aliphatic rings. The number of anilines is 1. The van der Waals surface area contributed by atoms with Crippen molar-refractivity contribution >= 4 is 22.9 Å². The zero-order chi connectivity index (χ0) is 21.1. The Bertz CT molecular complexity index is 938. The molecule has 1 aromatic carbocycles. The van der Waals surface area contributed by atoms with Crippen LogP contribution in [0.5, 0.6) is 0 Å². The van der Waals surface area contributed by atoms with Crippen LogP contribution < -0.4 is 4.90 Å². The van der Waals surface area contributed by atoms with Gasteiger partial charge in [-0.15, -0.1) is 11.3 Å². The van der Waals surface area contributed by atoms with E-state index in [4.69, 9.17) is 0 Å². The number of piperazine rings is 1. The second-order valence-corrected chi connectivity index (χ2v) is 9.90. The molecule has 1 amide bonds. The van der Waals surface area contributed by atoms with Crippen LogP contribution in [0.15, 0.2) is 71.6 Å². The second kappa shape index (κ2) is 9.11. The molecule has 5 heteroatoms. The fraction of sp³-hybridized carbons (Fsp3) is 0.423. The van der Waals surface area contributed by atoms with Crippen molar-refractivity contribution in [3.63, 3.8) is 0 Å². The molecular formula is C26H31N3OS. The number of allylic oxidation sites excluding steroid dienone is 2. The lowest BCUT2D eigenvalue weighted by atomic mass is 10.1. The minimum absolute atomic E-state index is 0.127. The van der Waals surface area contributed by atoms with E-state index in [0.717, 1.165) is 49.8 Å². The number of carbonyl (C=O) groups is 1. The van der Waals surface area contributed by atoms with Crippen molar-refractivity contribution in [2.75, 3.05) is 44.2 Å². The Labute approximate surface area is 189 Å². The molecule has 2 aliphatic carbocycles. The highest BCUT2D eigenvalue weighted by molar-refractivity contribution is 7.12. The van der Waals surface area contributed by atoms with Gasteiger partial charge in [0.2, 0.25) is 0 Å². The summed E-state index contributed by atoms with van der Waals surface area (Å²) in [6.07, 6.45) is 11.7. The number of hydrogen-bond acceptors (Lipinski definition) is 4. The van der Waals surface area contributed by atoms with Crippen LogP contribution in [0.2, 0.25) is 0 Å². The molecule has 31 heavy (non-hydrogen) atoms. The van der Waals surface area contributed by atoms with Gasteiger partial charge in [0, 0.05) is 50.5 Å². The Hall–Kier alpha value is -2.21. The number of thiophene rings is 1. The number of rotatable bonds is 7. The van der Waals surface area contributed by atoms with E-state index in [1.807, 2.05) is 40.6 Å². The average molecular weight is 434 g/mol. The van der Waals surface area contributed by atoms with Crippen molar-refractivity contribution in [2.24, 2.45) is 0 Å². The molecule has 2 fully saturated rings. The van der Waals surface area contributed by atoms with E-state index in [2.05, 4.69) is 40.2 Å². The van der Waals surface area contributed by atoms with Gasteiger partial charge in [0.1, 0.15) is 0 Å². The Kier molecular flexibility index (Phi) is 6.08. The van der Waals surface area contributed by atoms with E-state index in [9.17, 15) is 4.79 Å². The number of para-hydroxylation sites is 1. The third kappa shape index (κ3) is 4.69. The smallest absolute Gasteiger partial charge is 0.268 e. The molecule has 2 heterocycles. The first-order valence-electron chi connectivity index (χ1n) is 11.5. The Morgan fingerprint density at radius 3 is 2.45 bits per heavy atom. The summed E-state index contributed by atoms with van der Waals surface area (Å²) in [6.45, 7) is 6.25. The van der Waals surface area contributed by atoms with E-state index >= 15 is 0 Å². The zero-order valence-corrected chi connectivity index (χ0v) is 18.9. The first kappa shape index (κ1) is 20.7. The van der Waals surface area contributed by atoms with Crippen LogP contribution in [0.1, 0.15) is 35.4 Å². The molecular weight excluding hydrogens is 402 g/mol. The molecule has 0 unspecified atom stereocenters. The molecule has 0 atom stereocenters. The summed E-state index contributed by atoms with van der Waals surface area (Å²) in [5, 5.41) is 1.99. The standard InChI is InChI=1S/C26H31N3OS/c30-25(24-12-7-19-31-24)29(23-10-5-2-6-11-23)21-26(13-14-26)28-17-15-27(16-18-28)20-22-8-3-1-4-9-22/h2-3,5-12,19H,1,4,13-18,20-21H2. The summed E-state index contributed by atoms with van der Waals surface area (Å²) in [6, 6.07) is 14.1. The van der Waals surface area contributed by atoms with E-state index < -0.39 is 0 Å². The third-order valence-corrected chi connectivity index (χ3v) is 7.70. The summed E-state index contributed by atoms with van der Waals surface area (Å²) in [4.78, 5) is 21.4. The fourth-order valence-electron chi connectivity index (χ4n) is 4.86. The van der Waals surface area contributed by atoms with Gasteiger partial charge in [0.15, 0.2) is 0 Å². The number of amides is 1.